The molecular weight excluding hydrogens is 360 g/mol. The van der Waals surface area contributed by atoms with Crippen LogP contribution in [0.3, 0.4) is 0 Å². The molecule has 4 fully saturated rings. The maximum atomic E-state index is 11.3. The van der Waals surface area contributed by atoms with E-state index in [1.807, 2.05) is 18.3 Å². The van der Waals surface area contributed by atoms with Crippen molar-refractivity contribution in [3.63, 3.8) is 0 Å². The number of aliphatic hydroxyl groups excluding tert-OH is 2. The molecule has 1 aromatic heterocycles. The maximum Gasteiger partial charge on any atom is 0.0811 e. The number of aromatic nitrogens is 1. The van der Waals surface area contributed by atoms with Gasteiger partial charge in [0.05, 0.1) is 24.4 Å². The molecule has 0 saturated heterocycles. The van der Waals surface area contributed by atoms with Gasteiger partial charge in [0.2, 0.25) is 0 Å². The summed E-state index contributed by atoms with van der Waals surface area (Å²) >= 11 is 0. The quantitative estimate of drug-likeness (QED) is 0.779. The molecule has 0 bridgehead atoms. The first-order chi connectivity index (χ1) is 13.9. The van der Waals surface area contributed by atoms with Gasteiger partial charge >= 0.3 is 0 Å². The van der Waals surface area contributed by atoms with Gasteiger partial charge in [0, 0.05) is 17.3 Å². The van der Waals surface area contributed by atoms with E-state index in [2.05, 4.69) is 24.9 Å². The third-order valence-corrected chi connectivity index (χ3v) is 9.55. The van der Waals surface area contributed by atoms with Crippen molar-refractivity contribution in [3.05, 3.63) is 30.1 Å². The number of hydrogen-bond acceptors (Lipinski definition) is 4. The second kappa shape index (κ2) is 7.16. The van der Waals surface area contributed by atoms with Crippen LogP contribution in [-0.4, -0.2) is 33.1 Å². The Morgan fingerprint density at radius 1 is 1.07 bits per heavy atom. The van der Waals surface area contributed by atoms with Gasteiger partial charge in [-0.25, -0.2) is 0 Å². The van der Waals surface area contributed by atoms with Crippen LogP contribution in [0.25, 0.3) is 0 Å². The Hall–Kier alpha value is -1.26. The first-order valence-electron chi connectivity index (χ1n) is 11.7. The van der Waals surface area contributed by atoms with Gasteiger partial charge in [0.1, 0.15) is 0 Å². The molecule has 0 spiro atoms. The zero-order valence-electron chi connectivity index (χ0n) is 17.9. The third-order valence-electron chi connectivity index (χ3n) is 9.55. The molecule has 1 heterocycles. The fraction of sp³-hybridized carbons (Fsp3) is 0.760. The van der Waals surface area contributed by atoms with E-state index in [1.165, 1.54) is 25.0 Å². The molecule has 4 aliphatic carbocycles. The van der Waals surface area contributed by atoms with Crippen molar-refractivity contribution in [2.75, 3.05) is 0 Å². The molecule has 1 aromatic rings. The minimum absolute atomic E-state index is 0.133. The van der Waals surface area contributed by atoms with Crippen molar-refractivity contribution < 1.29 is 10.2 Å². The smallest absolute Gasteiger partial charge is 0.0811 e. The highest BCUT2D eigenvalue weighted by atomic mass is 16.3. The van der Waals surface area contributed by atoms with E-state index in [-0.39, 0.29) is 23.0 Å². The monoisotopic (exact) mass is 396 g/mol. The van der Waals surface area contributed by atoms with Crippen LogP contribution in [0.1, 0.15) is 70.9 Å². The Bertz CT molecular complexity index is 780. The van der Waals surface area contributed by atoms with Crippen molar-refractivity contribution in [2.24, 2.45) is 39.5 Å². The lowest BCUT2D eigenvalue weighted by Gasteiger charge is -2.61. The standard InChI is InChI=1S/C25H36N2O2/c1-24-10-8-18(28)13-16(24)14-21(29)23-19-6-7-22(25(19,2)11-9-20(23)24)27-15-17-5-3-4-12-26-17/h3-5,12,16,18-21,23,28-29H,6-11,13-15H2,1-2H3/t16?,18-,19+,20+,21-,23+,24+,25+/m1/s1. The van der Waals surface area contributed by atoms with Gasteiger partial charge in [-0.05, 0) is 92.6 Å². The second-order valence-electron chi connectivity index (χ2n) is 10.8. The van der Waals surface area contributed by atoms with Gasteiger partial charge in [-0.1, -0.05) is 19.9 Å². The molecule has 4 aliphatic rings. The van der Waals surface area contributed by atoms with Crippen LogP contribution in [0.15, 0.2) is 29.4 Å². The Morgan fingerprint density at radius 2 is 1.93 bits per heavy atom. The molecule has 1 unspecified atom stereocenters. The van der Waals surface area contributed by atoms with Gasteiger partial charge in [0.15, 0.2) is 0 Å². The molecule has 8 atom stereocenters. The van der Waals surface area contributed by atoms with Gasteiger partial charge < -0.3 is 10.2 Å². The molecule has 4 nitrogen and oxygen atoms in total. The van der Waals surface area contributed by atoms with Gasteiger partial charge in [-0.15, -0.1) is 0 Å². The van der Waals surface area contributed by atoms with Crippen LogP contribution >= 0.6 is 0 Å². The van der Waals surface area contributed by atoms with Crippen molar-refractivity contribution in [3.8, 4) is 0 Å². The lowest BCUT2D eigenvalue weighted by Crippen LogP contribution is -2.58. The molecule has 5 rings (SSSR count). The number of fused-ring (bicyclic) bond motifs is 5. The average Bonchev–Trinajstić information content (AvgIpc) is 3.05. The minimum Gasteiger partial charge on any atom is -0.393 e. The average molecular weight is 397 g/mol. The van der Waals surface area contributed by atoms with E-state index in [0.29, 0.717) is 30.2 Å². The number of hydrogen-bond donors (Lipinski definition) is 2. The fourth-order valence-corrected chi connectivity index (χ4v) is 7.92. The maximum absolute atomic E-state index is 11.3. The van der Waals surface area contributed by atoms with Crippen LogP contribution in [0.2, 0.25) is 0 Å². The summed E-state index contributed by atoms with van der Waals surface area (Å²) in [6.07, 6.45) is 9.90. The number of aliphatic hydroxyl groups is 2. The van der Waals surface area contributed by atoms with Crippen molar-refractivity contribution >= 4 is 5.71 Å². The number of aliphatic imine (C=N–C) groups is 1. The highest BCUT2D eigenvalue weighted by Gasteiger charge is 2.61. The molecule has 0 radical (unpaired) electrons. The summed E-state index contributed by atoms with van der Waals surface area (Å²) in [7, 11) is 0. The Labute approximate surface area is 174 Å². The SMILES string of the molecule is C[C@]12CC[C@@H](O)CC1C[C@@H](O)[C@@H]1[C@@H]2CC[C@]2(C)C(=NCc3ccccn3)CC[C@@H]12. The number of pyridine rings is 1. The number of nitrogens with zero attached hydrogens (tertiary/aromatic N) is 2. The van der Waals surface area contributed by atoms with E-state index in [0.717, 1.165) is 37.8 Å². The topological polar surface area (TPSA) is 65.7 Å². The second-order valence-corrected chi connectivity index (χ2v) is 10.8. The van der Waals surface area contributed by atoms with E-state index in [4.69, 9.17) is 4.99 Å². The Balaban J connectivity index is 1.40. The van der Waals surface area contributed by atoms with Gasteiger partial charge in [-0.3, -0.25) is 9.98 Å². The largest absolute Gasteiger partial charge is 0.393 e. The van der Waals surface area contributed by atoms with E-state index in [9.17, 15) is 10.2 Å². The molecule has 4 heteroatoms. The lowest BCUT2D eigenvalue weighted by atomic mass is 9.44. The summed E-state index contributed by atoms with van der Waals surface area (Å²) in [5, 5.41) is 21.5. The molecular formula is C25H36N2O2. The lowest BCUT2D eigenvalue weighted by molar-refractivity contribution is -0.162. The molecule has 0 aliphatic heterocycles. The third kappa shape index (κ3) is 3.09. The zero-order valence-corrected chi connectivity index (χ0v) is 17.9. The molecule has 2 N–H and O–H groups in total. The highest BCUT2D eigenvalue weighted by Crippen LogP contribution is 2.65. The van der Waals surface area contributed by atoms with Gasteiger partial charge in [0.25, 0.3) is 0 Å². The van der Waals surface area contributed by atoms with Crippen LogP contribution in [-0.2, 0) is 6.54 Å². The summed E-state index contributed by atoms with van der Waals surface area (Å²) < 4.78 is 0. The van der Waals surface area contributed by atoms with Crippen LogP contribution in [0.5, 0.6) is 0 Å². The predicted molar refractivity (Wildman–Crippen MR) is 114 cm³/mol. The van der Waals surface area contributed by atoms with E-state index >= 15 is 0 Å². The van der Waals surface area contributed by atoms with Crippen LogP contribution in [0, 0.1) is 34.5 Å². The first kappa shape index (κ1) is 19.7. The highest BCUT2D eigenvalue weighted by molar-refractivity contribution is 5.92. The Morgan fingerprint density at radius 3 is 2.72 bits per heavy atom. The molecule has 29 heavy (non-hydrogen) atoms. The van der Waals surface area contributed by atoms with Crippen LogP contribution < -0.4 is 0 Å². The zero-order chi connectivity index (χ0) is 20.2. The van der Waals surface area contributed by atoms with Crippen molar-refractivity contribution in [1.29, 1.82) is 0 Å². The Kier molecular flexibility index (Phi) is 4.86. The predicted octanol–water partition coefficient (Wildman–Crippen LogP) is 4.40. The van der Waals surface area contributed by atoms with Gasteiger partial charge in [-0.2, -0.15) is 0 Å². The summed E-state index contributed by atoms with van der Waals surface area (Å²) in [5.74, 6) is 2.01. The number of rotatable bonds is 2. The van der Waals surface area contributed by atoms with Crippen molar-refractivity contribution in [2.45, 2.75) is 84.0 Å². The minimum atomic E-state index is -0.219. The first-order valence-corrected chi connectivity index (χ1v) is 11.7. The summed E-state index contributed by atoms with van der Waals surface area (Å²) in [6, 6.07) is 6.04. The van der Waals surface area contributed by atoms with Crippen molar-refractivity contribution in [1.82, 2.24) is 4.98 Å². The summed E-state index contributed by atoms with van der Waals surface area (Å²) in [6.45, 7) is 5.57. The van der Waals surface area contributed by atoms with E-state index < -0.39 is 0 Å². The molecule has 158 valence electrons. The summed E-state index contributed by atoms with van der Waals surface area (Å²) in [4.78, 5) is 9.50. The summed E-state index contributed by atoms with van der Waals surface area (Å²) in [5.41, 5.74) is 2.83. The molecule has 0 amide bonds. The fourth-order valence-electron chi connectivity index (χ4n) is 7.92. The van der Waals surface area contributed by atoms with E-state index in [1.54, 1.807) is 0 Å². The van der Waals surface area contributed by atoms with Crippen LogP contribution in [0.4, 0.5) is 0 Å². The molecule has 4 saturated carbocycles. The molecule has 0 aromatic carbocycles. The normalized spacial score (nSPS) is 48.1.